The molecular formula is C28H34N4O2. The molecule has 5 rings (SSSR count). The highest BCUT2D eigenvalue weighted by molar-refractivity contribution is 5.63. The Morgan fingerprint density at radius 1 is 0.941 bits per heavy atom. The van der Waals surface area contributed by atoms with E-state index in [0.717, 1.165) is 51.9 Å². The van der Waals surface area contributed by atoms with Crippen molar-refractivity contribution in [1.29, 1.82) is 0 Å². The zero-order valence-corrected chi connectivity index (χ0v) is 19.7. The Morgan fingerprint density at radius 2 is 1.71 bits per heavy atom. The topological polar surface area (TPSA) is 59.4 Å². The largest absolute Gasteiger partial charge is 0.376 e. The van der Waals surface area contributed by atoms with Crippen molar-refractivity contribution < 1.29 is 4.74 Å². The van der Waals surface area contributed by atoms with E-state index in [-0.39, 0.29) is 17.7 Å². The quantitative estimate of drug-likeness (QED) is 0.563. The lowest BCUT2D eigenvalue weighted by Crippen LogP contribution is -2.40. The molecule has 0 spiro atoms. The fraction of sp³-hybridized carbons (Fsp3) is 0.429. The third-order valence-corrected chi connectivity index (χ3v) is 6.98. The van der Waals surface area contributed by atoms with Crippen LogP contribution < -0.4 is 10.9 Å². The Morgan fingerprint density at radius 3 is 2.44 bits per heavy atom. The maximum absolute atomic E-state index is 12.9. The first-order chi connectivity index (χ1) is 16.7. The summed E-state index contributed by atoms with van der Waals surface area (Å²) in [6, 6.07) is 19.7. The predicted octanol–water partition coefficient (Wildman–Crippen LogP) is 4.56. The van der Waals surface area contributed by atoms with Gasteiger partial charge in [0.15, 0.2) is 5.82 Å². The van der Waals surface area contributed by atoms with E-state index in [4.69, 9.17) is 4.74 Å². The van der Waals surface area contributed by atoms with Gasteiger partial charge in [0.05, 0.1) is 12.6 Å². The summed E-state index contributed by atoms with van der Waals surface area (Å²) in [4.78, 5) is 19.8. The molecule has 0 aliphatic carbocycles. The zero-order chi connectivity index (χ0) is 23.2. The van der Waals surface area contributed by atoms with Gasteiger partial charge in [0.2, 0.25) is 0 Å². The molecule has 6 nitrogen and oxygen atoms in total. The minimum Gasteiger partial charge on any atom is -0.376 e. The molecule has 0 amide bonds. The first kappa shape index (κ1) is 22.8. The van der Waals surface area contributed by atoms with E-state index in [1.165, 1.54) is 23.1 Å². The van der Waals surface area contributed by atoms with Crippen LogP contribution in [-0.2, 0) is 17.8 Å². The Balaban J connectivity index is 1.12. The highest BCUT2D eigenvalue weighted by Gasteiger charge is 2.21. The molecule has 178 valence electrons. The minimum atomic E-state index is -0.0439. The average molecular weight is 459 g/mol. The number of nitrogens with one attached hydrogen (secondary N) is 1. The lowest BCUT2D eigenvalue weighted by Gasteiger charge is -2.32. The Bertz CT molecular complexity index is 1100. The van der Waals surface area contributed by atoms with Crippen molar-refractivity contribution in [1.82, 2.24) is 14.5 Å². The number of hydrogen-bond donors (Lipinski definition) is 1. The summed E-state index contributed by atoms with van der Waals surface area (Å²) in [6.45, 7) is 4.38. The molecule has 3 heterocycles. The molecule has 1 aromatic heterocycles. The summed E-state index contributed by atoms with van der Waals surface area (Å²) in [7, 11) is 0. The van der Waals surface area contributed by atoms with Gasteiger partial charge in [-0.05, 0) is 48.8 Å². The maximum atomic E-state index is 12.9. The number of piperidine rings is 1. The second kappa shape index (κ2) is 11.0. The summed E-state index contributed by atoms with van der Waals surface area (Å²) < 4.78 is 7.56. The van der Waals surface area contributed by atoms with Crippen LogP contribution in [0, 0.1) is 0 Å². The van der Waals surface area contributed by atoms with Gasteiger partial charge in [0, 0.05) is 44.7 Å². The summed E-state index contributed by atoms with van der Waals surface area (Å²) in [6.07, 6.45) is 8.94. The smallest absolute Gasteiger partial charge is 0.293 e. The molecule has 1 unspecified atom stereocenters. The number of likely N-dealkylation sites (tertiary alicyclic amines) is 1. The molecule has 0 radical (unpaired) electrons. The van der Waals surface area contributed by atoms with Crippen molar-refractivity contribution in [2.45, 2.75) is 57.3 Å². The molecule has 1 atom stereocenters. The van der Waals surface area contributed by atoms with Gasteiger partial charge in [-0.25, -0.2) is 4.98 Å². The summed E-state index contributed by atoms with van der Waals surface area (Å²) >= 11 is 0. The number of anilines is 1. The van der Waals surface area contributed by atoms with E-state index < -0.39 is 0 Å². The highest BCUT2D eigenvalue weighted by Crippen LogP contribution is 2.21. The van der Waals surface area contributed by atoms with Crippen LogP contribution in [0.3, 0.4) is 0 Å². The minimum absolute atomic E-state index is 0.0439. The molecule has 0 saturated carbocycles. The molecule has 2 saturated heterocycles. The van der Waals surface area contributed by atoms with Crippen molar-refractivity contribution in [2.24, 2.45) is 0 Å². The molecule has 2 aliphatic heterocycles. The Hall–Kier alpha value is -2.96. The van der Waals surface area contributed by atoms with Gasteiger partial charge < -0.3 is 14.6 Å². The monoisotopic (exact) mass is 458 g/mol. The van der Waals surface area contributed by atoms with Gasteiger partial charge in [0.25, 0.3) is 5.56 Å². The Kier molecular flexibility index (Phi) is 7.37. The summed E-state index contributed by atoms with van der Waals surface area (Å²) in [5.74, 6) is 0.466. The van der Waals surface area contributed by atoms with Gasteiger partial charge in [0.1, 0.15) is 0 Å². The molecule has 6 heteroatoms. The summed E-state index contributed by atoms with van der Waals surface area (Å²) in [5.41, 5.74) is 3.80. The van der Waals surface area contributed by atoms with Crippen LogP contribution in [0.5, 0.6) is 0 Å². The third-order valence-electron chi connectivity index (χ3n) is 6.98. The number of aromatic nitrogens is 2. The van der Waals surface area contributed by atoms with E-state index in [1.54, 1.807) is 17.0 Å². The maximum Gasteiger partial charge on any atom is 0.293 e. The van der Waals surface area contributed by atoms with Crippen molar-refractivity contribution in [3.05, 3.63) is 82.9 Å². The number of rotatable bonds is 7. The molecule has 34 heavy (non-hydrogen) atoms. The van der Waals surface area contributed by atoms with Crippen molar-refractivity contribution >= 4 is 5.82 Å². The number of hydrogen-bond acceptors (Lipinski definition) is 5. The first-order valence-corrected chi connectivity index (χ1v) is 12.5. The fourth-order valence-electron chi connectivity index (χ4n) is 4.98. The molecule has 1 N–H and O–H groups in total. The first-order valence-electron chi connectivity index (χ1n) is 12.5. The van der Waals surface area contributed by atoms with E-state index in [0.29, 0.717) is 12.4 Å². The van der Waals surface area contributed by atoms with E-state index in [2.05, 4.69) is 63.7 Å². The molecular weight excluding hydrogens is 424 g/mol. The van der Waals surface area contributed by atoms with E-state index in [9.17, 15) is 4.79 Å². The zero-order valence-electron chi connectivity index (χ0n) is 19.7. The van der Waals surface area contributed by atoms with Gasteiger partial charge in [-0.2, -0.15) is 0 Å². The molecule has 3 aromatic rings. The average Bonchev–Trinajstić information content (AvgIpc) is 2.89. The SMILES string of the molecule is O=c1c(NC2CCN(Cc3ccc(-c4ccccc4)cc3)CC2)nccn1CC1CCCCO1. The van der Waals surface area contributed by atoms with Crippen LogP contribution in [0.2, 0.25) is 0 Å². The standard InChI is InChI=1S/C28H34N4O2/c33-28-27(29-15-18-32(28)21-26-8-4-5-19-34-26)30-25-13-16-31(17-14-25)20-22-9-11-24(12-10-22)23-6-2-1-3-7-23/h1-3,6-7,9-12,15,18,25-26H,4-5,8,13-14,16-17,19-21H2,(H,29,30). The number of ether oxygens (including phenoxy) is 1. The van der Waals surface area contributed by atoms with E-state index in [1.807, 2.05) is 6.07 Å². The normalized spacial score (nSPS) is 19.7. The van der Waals surface area contributed by atoms with Crippen molar-refractivity contribution in [3.8, 4) is 11.1 Å². The molecule has 2 fully saturated rings. The predicted molar refractivity (Wildman–Crippen MR) is 136 cm³/mol. The van der Waals surface area contributed by atoms with Crippen LogP contribution in [0.1, 0.15) is 37.7 Å². The molecule has 0 bridgehead atoms. The fourth-order valence-corrected chi connectivity index (χ4v) is 4.98. The van der Waals surface area contributed by atoms with Crippen LogP contribution in [0.4, 0.5) is 5.82 Å². The van der Waals surface area contributed by atoms with Crippen LogP contribution >= 0.6 is 0 Å². The van der Waals surface area contributed by atoms with Gasteiger partial charge >= 0.3 is 0 Å². The number of benzene rings is 2. The number of nitrogens with zero attached hydrogens (tertiary/aromatic N) is 3. The van der Waals surface area contributed by atoms with Gasteiger partial charge in [-0.15, -0.1) is 0 Å². The second-order valence-corrected chi connectivity index (χ2v) is 9.48. The van der Waals surface area contributed by atoms with E-state index >= 15 is 0 Å². The third kappa shape index (κ3) is 5.75. The van der Waals surface area contributed by atoms with Crippen molar-refractivity contribution in [3.63, 3.8) is 0 Å². The van der Waals surface area contributed by atoms with Crippen molar-refractivity contribution in [2.75, 3.05) is 25.0 Å². The summed E-state index contributed by atoms with van der Waals surface area (Å²) in [5, 5.41) is 3.42. The second-order valence-electron chi connectivity index (χ2n) is 9.48. The van der Waals surface area contributed by atoms with Crippen LogP contribution in [0.25, 0.3) is 11.1 Å². The van der Waals surface area contributed by atoms with Gasteiger partial charge in [-0.3, -0.25) is 9.69 Å². The lowest BCUT2D eigenvalue weighted by molar-refractivity contribution is 0.00542. The lowest BCUT2D eigenvalue weighted by atomic mass is 10.0. The van der Waals surface area contributed by atoms with Gasteiger partial charge in [-0.1, -0.05) is 54.6 Å². The molecule has 2 aliphatic rings. The van der Waals surface area contributed by atoms with Crippen LogP contribution in [-0.4, -0.2) is 46.3 Å². The van der Waals surface area contributed by atoms with Crippen LogP contribution in [0.15, 0.2) is 71.8 Å². The highest BCUT2D eigenvalue weighted by atomic mass is 16.5. The Labute approximate surface area is 201 Å². The molecule has 2 aromatic carbocycles.